The average molecular weight is 290 g/mol. The van der Waals surface area contributed by atoms with E-state index < -0.39 is 12.1 Å². The van der Waals surface area contributed by atoms with Gasteiger partial charge in [-0.2, -0.15) is 0 Å². The largest absolute Gasteiger partial charge is 0.481 e. The van der Waals surface area contributed by atoms with Gasteiger partial charge in [0.05, 0.1) is 19.3 Å². The number of methoxy groups -OCH3 is 1. The maximum absolute atomic E-state index is 12.3. The first-order valence-corrected chi connectivity index (χ1v) is 6.70. The first-order valence-electron chi connectivity index (χ1n) is 6.70. The van der Waals surface area contributed by atoms with Gasteiger partial charge in [-0.05, 0) is 20.3 Å². The average Bonchev–Trinajstić information content (AvgIpc) is 2.33. The van der Waals surface area contributed by atoms with Crippen LogP contribution in [0.5, 0.6) is 0 Å². The first-order chi connectivity index (χ1) is 9.29. The molecule has 0 aromatic rings. The Morgan fingerprint density at radius 1 is 1.30 bits per heavy atom. The quantitative estimate of drug-likeness (QED) is 0.649. The molecule has 20 heavy (non-hydrogen) atoms. The van der Waals surface area contributed by atoms with Crippen molar-refractivity contribution < 1.29 is 24.5 Å². The van der Waals surface area contributed by atoms with Gasteiger partial charge in [-0.3, -0.25) is 4.79 Å². The molecule has 0 aliphatic carbocycles. The minimum atomic E-state index is -0.870. The Hall–Kier alpha value is -1.34. The molecule has 7 heteroatoms. The number of urea groups is 1. The second-order valence-corrected chi connectivity index (χ2v) is 5.06. The Kier molecular flexibility index (Phi) is 8.91. The van der Waals surface area contributed by atoms with Crippen LogP contribution in [0.25, 0.3) is 0 Å². The molecule has 0 aromatic carbocycles. The maximum Gasteiger partial charge on any atom is 0.320 e. The van der Waals surface area contributed by atoms with Crippen LogP contribution < -0.4 is 0 Å². The van der Waals surface area contributed by atoms with Gasteiger partial charge in [0, 0.05) is 33.2 Å². The first kappa shape index (κ1) is 18.7. The highest BCUT2D eigenvalue weighted by atomic mass is 16.5. The topological polar surface area (TPSA) is 90.3 Å². The molecule has 0 saturated carbocycles. The molecule has 0 spiro atoms. The molecule has 0 saturated heterocycles. The third-order valence-electron chi connectivity index (χ3n) is 2.83. The van der Waals surface area contributed by atoms with Crippen molar-refractivity contribution in [3.05, 3.63) is 0 Å². The van der Waals surface area contributed by atoms with Gasteiger partial charge in [-0.15, -0.1) is 0 Å². The Morgan fingerprint density at radius 3 is 2.35 bits per heavy atom. The molecule has 0 rings (SSSR count). The van der Waals surface area contributed by atoms with Crippen molar-refractivity contribution >= 4 is 12.0 Å². The summed E-state index contributed by atoms with van der Waals surface area (Å²) in [6.07, 6.45) is -0.290. The highest BCUT2D eigenvalue weighted by Crippen LogP contribution is 2.07. The number of carboxylic acid groups (broad SMARTS) is 1. The second-order valence-electron chi connectivity index (χ2n) is 5.06. The molecule has 0 heterocycles. The van der Waals surface area contributed by atoms with Crippen LogP contribution in [0, 0.1) is 0 Å². The lowest BCUT2D eigenvalue weighted by atomic mass is 10.2. The van der Waals surface area contributed by atoms with E-state index in [9.17, 15) is 14.7 Å². The number of carboxylic acids is 1. The van der Waals surface area contributed by atoms with Gasteiger partial charge in [0.25, 0.3) is 0 Å². The van der Waals surface area contributed by atoms with Crippen molar-refractivity contribution in [3.63, 3.8) is 0 Å². The maximum atomic E-state index is 12.3. The van der Waals surface area contributed by atoms with Crippen molar-refractivity contribution in [1.82, 2.24) is 9.80 Å². The number of hydrogen-bond acceptors (Lipinski definition) is 4. The van der Waals surface area contributed by atoms with Crippen LogP contribution in [0.1, 0.15) is 26.7 Å². The number of likely N-dealkylation sites (N-methyl/N-ethyl adjacent to an activating group) is 1. The van der Waals surface area contributed by atoms with Gasteiger partial charge in [-0.1, -0.05) is 0 Å². The second kappa shape index (κ2) is 9.55. The summed E-state index contributed by atoms with van der Waals surface area (Å²) in [4.78, 5) is 25.8. The molecule has 1 unspecified atom stereocenters. The molecule has 1 atom stereocenters. The van der Waals surface area contributed by atoms with Gasteiger partial charge in [-0.25, -0.2) is 4.79 Å². The summed E-state index contributed by atoms with van der Waals surface area (Å²) >= 11 is 0. The number of rotatable bonds is 9. The van der Waals surface area contributed by atoms with E-state index in [4.69, 9.17) is 9.84 Å². The predicted molar refractivity (Wildman–Crippen MR) is 74.6 cm³/mol. The highest BCUT2D eigenvalue weighted by Gasteiger charge is 2.22. The van der Waals surface area contributed by atoms with E-state index >= 15 is 0 Å². The predicted octanol–water partition coefficient (Wildman–Crippen LogP) is 0.621. The summed E-state index contributed by atoms with van der Waals surface area (Å²) in [5.41, 5.74) is 0. The van der Waals surface area contributed by atoms with Crippen molar-refractivity contribution in [2.45, 2.75) is 38.8 Å². The molecule has 0 radical (unpaired) electrons. The number of aliphatic hydroxyl groups is 1. The summed E-state index contributed by atoms with van der Waals surface area (Å²) in [6.45, 7) is 4.47. The van der Waals surface area contributed by atoms with Gasteiger partial charge >= 0.3 is 12.0 Å². The summed E-state index contributed by atoms with van der Waals surface area (Å²) in [5, 5.41) is 18.3. The summed E-state index contributed by atoms with van der Waals surface area (Å²) in [7, 11) is 3.09. The van der Waals surface area contributed by atoms with Crippen molar-refractivity contribution in [1.29, 1.82) is 0 Å². The molecule has 0 bridgehead atoms. The van der Waals surface area contributed by atoms with Crippen molar-refractivity contribution in [2.24, 2.45) is 0 Å². The van der Waals surface area contributed by atoms with Gasteiger partial charge in [0.1, 0.15) is 0 Å². The minimum Gasteiger partial charge on any atom is -0.481 e. The van der Waals surface area contributed by atoms with Crippen LogP contribution in [-0.2, 0) is 9.53 Å². The van der Waals surface area contributed by atoms with E-state index in [0.29, 0.717) is 13.0 Å². The molecule has 0 aliphatic heterocycles. The fraction of sp³-hybridized carbons (Fsp3) is 0.846. The van der Waals surface area contributed by atoms with Gasteiger partial charge < -0.3 is 24.7 Å². The molecule has 0 aromatic heterocycles. The van der Waals surface area contributed by atoms with Crippen LogP contribution in [-0.4, -0.2) is 78.0 Å². The normalized spacial score (nSPS) is 12.3. The van der Waals surface area contributed by atoms with Gasteiger partial charge in [0.15, 0.2) is 0 Å². The Labute approximate surface area is 120 Å². The van der Waals surface area contributed by atoms with E-state index in [0.717, 1.165) is 0 Å². The van der Waals surface area contributed by atoms with Crippen LogP contribution >= 0.6 is 0 Å². The minimum absolute atomic E-state index is 0.0293. The van der Waals surface area contributed by atoms with E-state index in [1.807, 2.05) is 13.8 Å². The molecule has 2 N–H and O–H groups in total. The summed E-state index contributed by atoms with van der Waals surface area (Å²) < 4.78 is 4.82. The zero-order chi connectivity index (χ0) is 15.7. The number of ether oxygens (including phenoxy) is 1. The smallest absolute Gasteiger partial charge is 0.320 e. The number of carbonyl (C=O) groups is 2. The lowest BCUT2D eigenvalue weighted by molar-refractivity contribution is -0.137. The zero-order valence-electron chi connectivity index (χ0n) is 12.7. The number of amides is 2. The molecule has 0 fully saturated rings. The Balaban J connectivity index is 4.43. The number of aliphatic carboxylic acids is 1. The van der Waals surface area contributed by atoms with Gasteiger partial charge in [0.2, 0.25) is 0 Å². The number of aliphatic hydroxyl groups excluding tert-OH is 1. The van der Waals surface area contributed by atoms with Crippen molar-refractivity contribution in [3.8, 4) is 0 Å². The SMILES string of the molecule is COCC(O)CN(C)C(=O)N(CCCC(=O)O)C(C)C. The molecule has 0 aliphatic rings. The molecular formula is C13H26N2O5. The van der Waals surface area contributed by atoms with E-state index in [-0.39, 0.29) is 31.6 Å². The lowest BCUT2D eigenvalue weighted by Gasteiger charge is -2.32. The zero-order valence-corrected chi connectivity index (χ0v) is 12.7. The summed E-state index contributed by atoms with van der Waals surface area (Å²) in [5.74, 6) is -0.870. The standard InChI is InChI=1S/C13H26N2O5/c1-10(2)15(7-5-6-12(17)18)13(19)14(3)8-11(16)9-20-4/h10-11,16H,5-9H2,1-4H3,(H,17,18). The van der Waals surface area contributed by atoms with Crippen molar-refractivity contribution in [2.75, 3.05) is 33.9 Å². The summed E-state index contributed by atoms with van der Waals surface area (Å²) in [6, 6.07) is -0.251. The molecular weight excluding hydrogens is 264 g/mol. The number of carbonyl (C=O) groups excluding carboxylic acids is 1. The molecule has 118 valence electrons. The number of nitrogens with zero attached hydrogens (tertiary/aromatic N) is 2. The third-order valence-corrected chi connectivity index (χ3v) is 2.83. The van der Waals surface area contributed by atoms with Crippen LogP contribution in [0.4, 0.5) is 4.79 Å². The van der Waals surface area contributed by atoms with E-state index in [1.165, 1.54) is 12.0 Å². The highest BCUT2D eigenvalue weighted by molar-refractivity contribution is 5.74. The Morgan fingerprint density at radius 2 is 1.90 bits per heavy atom. The lowest BCUT2D eigenvalue weighted by Crippen LogP contribution is -2.47. The van der Waals surface area contributed by atoms with E-state index in [1.54, 1.807) is 11.9 Å². The monoisotopic (exact) mass is 290 g/mol. The van der Waals surface area contributed by atoms with Crippen LogP contribution in [0.3, 0.4) is 0 Å². The third kappa shape index (κ3) is 7.30. The van der Waals surface area contributed by atoms with E-state index in [2.05, 4.69) is 0 Å². The van der Waals surface area contributed by atoms with Crippen LogP contribution in [0.2, 0.25) is 0 Å². The fourth-order valence-electron chi connectivity index (χ4n) is 1.83. The number of hydrogen-bond donors (Lipinski definition) is 2. The Bertz CT molecular complexity index is 309. The molecule has 2 amide bonds. The fourth-order valence-corrected chi connectivity index (χ4v) is 1.83. The molecule has 7 nitrogen and oxygen atoms in total. The van der Waals surface area contributed by atoms with Crippen LogP contribution in [0.15, 0.2) is 0 Å².